The minimum Gasteiger partial charge on any atom is -0.354 e. The lowest BCUT2D eigenvalue weighted by Crippen LogP contribution is -2.36. The molecule has 1 aliphatic rings. The largest absolute Gasteiger partial charge is 0.418 e. The summed E-state index contributed by atoms with van der Waals surface area (Å²) in [5.41, 5.74) is -1.29. The molecule has 0 saturated heterocycles. The third-order valence-electron chi connectivity index (χ3n) is 6.10. The van der Waals surface area contributed by atoms with Gasteiger partial charge in [-0.2, -0.15) is 13.2 Å². The standard InChI is InChI=1S/C25H23F4N5O2/c1-14-3-4-20(18(7-14)25(27,28)29)34-17-8-19(26)22(32-12-17)15(2)33-23(36)24(5-6-24)9-21(35)16-10-30-13-31-11-16/h3-4,7-8,10-13,15,34H,5-6,9H2,1-2H3,(H,33,36)/t15-/m0/s1. The summed E-state index contributed by atoms with van der Waals surface area (Å²) in [5.74, 6) is -1.45. The maximum Gasteiger partial charge on any atom is 0.418 e. The van der Waals surface area contributed by atoms with E-state index < -0.39 is 34.9 Å². The quantitative estimate of drug-likeness (QED) is 0.321. The Morgan fingerprint density at radius 2 is 1.81 bits per heavy atom. The van der Waals surface area contributed by atoms with Gasteiger partial charge in [-0.1, -0.05) is 11.6 Å². The third kappa shape index (κ3) is 5.50. The van der Waals surface area contributed by atoms with Crippen LogP contribution in [0, 0.1) is 18.2 Å². The second-order valence-electron chi connectivity index (χ2n) is 8.97. The number of hydrogen-bond donors (Lipinski definition) is 2. The number of nitrogens with one attached hydrogen (secondary N) is 2. The van der Waals surface area contributed by atoms with Crippen molar-refractivity contribution in [3.8, 4) is 0 Å². The van der Waals surface area contributed by atoms with Gasteiger partial charge in [0.05, 0.1) is 45.8 Å². The molecule has 2 heterocycles. The summed E-state index contributed by atoms with van der Waals surface area (Å²) in [5, 5.41) is 5.27. The highest BCUT2D eigenvalue weighted by molar-refractivity contribution is 6.00. The molecular weight excluding hydrogens is 478 g/mol. The number of aromatic nitrogens is 3. The van der Waals surface area contributed by atoms with Crippen LogP contribution in [0.5, 0.6) is 0 Å². The van der Waals surface area contributed by atoms with Crippen LogP contribution in [0.3, 0.4) is 0 Å². The van der Waals surface area contributed by atoms with E-state index in [1.54, 1.807) is 13.8 Å². The number of hydrogen-bond acceptors (Lipinski definition) is 6. The molecule has 0 unspecified atom stereocenters. The van der Waals surface area contributed by atoms with Crippen molar-refractivity contribution in [1.82, 2.24) is 20.3 Å². The van der Waals surface area contributed by atoms with Crippen molar-refractivity contribution in [2.24, 2.45) is 5.41 Å². The van der Waals surface area contributed by atoms with Crippen LogP contribution in [-0.4, -0.2) is 26.6 Å². The molecule has 0 radical (unpaired) electrons. The van der Waals surface area contributed by atoms with E-state index in [-0.39, 0.29) is 29.3 Å². The summed E-state index contributed by atoms with van der Waals surface area (Å²) in [6.45, 7) is 3.09. The Kier molecular flexibility index (Phi) is 6.75. The van der Waals surface area contributed by atoms with Gasteiger partial charge in [0.2, 0.25) is 5.91 Å². The normalized spacial score (nSPS) is 15.2. The van der Waals surface area contributed by atoms with Gasteiger partial charge < -0.3 is 10.6 Å². The Balaban J connectivity index is 1.44. The third-order valence-corrected chi connectivity index (χ3v) is 6.10. The van der Waals surface area contributed by atoms with Crippen LogP contribution < -0.4 is 10.6 Å². The number of carbonyl (C=O) groups excluding carboxylic acids is 2. The van der Waals surface area contributed by atoms with Crippen molar-refractivity contribution in [2.45, 2.75) is 45.3 Å². The summed E-state index contributed by atoms with van der Waals surface area (Å²) < 4.78 is 55.0. The number of nitrogens with zero attached hydrogens (tertiary/aromatic N) is 3. The number of halogens is 4. The fourth-order valence-corrected chi connectivity index (χ4v) is 3.90. The van der Waals surface area contributed by atoms with Gasteiger partial charge in [0, 0.05) is 24.9 Å². The van der Waals surface area contributed by atoms with Gasteiger partial charge in [0.25, 0.3) is 0 Å². The van der Waals surface area contributed by atoms with Crippen molar-refractivity contribution in [3.63, 3.8) is 0 Å². The maximum atomic E-state index is 14.9. The van der Waals surface area contributed by atoms with Crippen LogP contribution in [0.25, 0.3) is 0 Å². The van der Waals surface area contributed by atoms with E-state index in [1.807, 2.05) is 0 Å². The number of aryl methyl sites for hydroxylation is 1. The molecule has 3 aromatic rings. The highest BCUT2D eigenvalue weighted by atomic mass is 19.4. The molecule has 2 aromatic heterocycles. The van der Waals surface area contributed by atoms with Crippen molar-refractivity contribution in [3.05, 3.63) is 77.4 Å². The van der Waals surface area contributed by atoms with Crippen LogP contribution in [0.4, 0.5) is 28.9 Å². The minimum absolute atomic E-state index is 0.0181. The summed E-state index contributed by atoms with van der Waals surface area (Å²) >= 11 is 0. The van der Waals surface area contributed by atoms with Crippen molar-refractivity contribution in [2.75, 3.05) is 5.32 Å². The van der Waals surface area contributed by atoms with Gasteiger partial charge in [-0.15, -0.1) is 0 Å². The average molecular weight is 501 g/mol. The molecule has 11 heteroatoms. The first-order valence-corrected chi connectivity index (χ1v) is 11.2. The van der Waals surface area contributed by atoms with E-state index in [0.717, 1.165) is 12.1 Å². The second-order valence-corrected chi connectivity index (χ2v) is 8.97. The first-order valence-electron chi connectivity index (χ1n) is 11.2. The molecule has 1 fully saturated rings. The number of ketones is 1. The molecule has 188 valence electrons. The monoisotopic (exact) mass is 501 g/mol. The molecule has 1 atom stereocenters. The molecule has 1 aliphatic carbocycles. The molecule has 0 bridgehead atoms. The number of pyridine rings is 1. The number of Topliss-reactive ketones (excluding diaryl/α,β-unsaturated/α-hetero) is 1. The van der Waals surface area contributed by atoms with E-state index >= 15 is 0 Å². The van der Waals surface area contributed by atoms with Gasteiger partial charge in [-0.25, -0.2) is 14.4 Å². The zero-order chi connectivity index (χ0) is 26.1. The lowest BCUT2D eigenvalue weighted by atomic mass is 9.95. The Morgan fingerprint density at radius 3 is 2.42 bits per heavy atom. The Hall–Kier alpha value is -3.89. The van der Waals surface area contributed by atoms with E-state index in [0.29, 0.717) is 24.0 Å². The lowest BCUT2D eigenvalue weighted by Gasteiger charge is -2.20. The molecule has 36 heavy (non-hydrogen) atoms. The highest BCUT2D eigenvalue weighted by Crippen LogP contribution is 2.50. The molecule has 0 aliphatic heterocycles. The fraction of sp³-hybridized carbons (Fsp3) is 0.320. The SMILES string of the molecule is Cc1ccc(Nc2cnc([C@H](C)NC(=O)C3(CC(=O)c4cncnc4)CC3)c(F)c2)c(C(F)(F)F)c1. The first-order chi connectivity index (χ1) is 17.0. The van der Waals surface area contributed by atoms with E-state index in [2.05, 4.69) is 25.6 Å². The predicted molar refractivity (Wildman–Crippen MR) is 123 cm³/mol. The number of amides is 1. The maximum absolute atomic E-state index is 14.9. The number of benzene rings is 1. The number of alkyl halides is 3. The molecule has 1 aromatic carbocycles. The zero-order valence-corrected chi connectivity index (χ0v) is 19.5. The van der Waals surface area contributed by atoms with Gasteiger partial charge in [-0.05, 0) is 38.8 Å². The predicted octanol–water partition coefficient (Wildman–Crippen LogP) is 5.31. The molecule has 4 rings (SSSR count). The van der Waals surface area contributed by atoms with Gasteiger partial charge in [0.1, 0.15) is 12.1 Å². The van der Waals surface area contributed by atoms with Gasteiger partial charge in [0.15, 0.2) is 5.78 Å². The molecular formula is C25H23F4N5O2. The van der Waals surface area contributed by atoms with Gasteiger partial charge >= 0.3 is 6.18 Å². The van der Waals surface area contributed by atoms with Crippen LogP contribution in [0.2, 0.25) is 0 Å². The molecule has 1 saturated carbocycles. The highest BCUT2D eigenvalue weighted by Gasteiger charge is 2.51. The molecule has 7 nitrogen and oxygen atoms in total. The second kappa shape index (κ2) is 9.63. The molecule has 2 N–H and O–H groups in total. The summed E-state index contributed by atoms with van der Waals surface area (Å²) in [6.07, 6.45) is 1.69. The van der Waals surface area contributed by atoms with Crippen molar-refractivity contribution in [1.29, 1.82) is 0 Å². The van der Waals surface area contributed by atoms with Crippen LogP contribution in [-0.2, 0) is 11.0 Å². The van der Waals surface area contributed by atoms with Crippen LogP contribution in [0.15, 0.2) is 49.2 Å². The zero-order valence-electron chi connectivity index (χ0n) is 19.5. The smallest absolute Gasteiger partial charge is 0.354 e. The van der Waals surface area contributed by atoms with Crippen molar-refractivity contribution < 1.29 is 27.2 Å². The Labute approximate surface area is 204 Å². The van der Waals surface area contributed by atoms with Crippen LogP contribution in [0.1, 0.15) is 59.4 Å². The van der Waals surface area contributed by atoms with E-state index in [9.17, 15) is 27.2 Å². The fourth-order valence-electron chi connectivity index (χ4n) is 3.90. The molecule has 1 amide bonds. The van der Waals surface area contributed by atoms with Crippen molar-refractivity contribution >= 4 is 23.1 Å². The summed E-state index contributed by atoms with van der Waals surface area (Å²) in [6, 6.07) is 3.98. The Morgan fingerprint density at radius 1 is 1.11 bits per heavy atom. The number of rotatable bonds is 8. The van der Waals surface area contributed by atoms with Gasteiger partial charge in [-0.3, -0.25) is 14.6 Å². The minimum atomic E-state index is -4.59. The first kappa shape index (κ1) is 25.2. The summed E-state index contributed by atoms with van der Waals surface area (Å²) in [4.78, 5) is 37.0. The molecule has 0 spiro atoms. The summed E-state index contributed by atoms with van der Waals surface area (Å²) in [7, 11) is 0. The van der Waals surface area contributed by atoms with E-state index in [1.165, 1.54) is 37.1 Å². The van der Waals surface area contributed by atoms with Crippen LogP contribution >= 0.6 is 0 Å². The lowest BCUT2D eigenvalue weighted by molar-refractivity contribution is -0.137. The van der Waals surface area contributed by atoms with E-state index in [4.69, 9.17) is 0 Å². The Bertz CT molecular complexity index is 1290. The average Bonchev–Trinajstić information content (AvgIpc) is 3.61. The number of carbonyl (C=O) groups is 2. The number of anilines is 2. The topological polar surface area (TPSA) is 96.9 Å².